The SMILES string of the molecule is C=C(C=C(C)C)COc1cccc(C2CCN(C(=O)OC(C)(C)C)CC2)n1. The van der Waals surface area contributed by atoms with Crippen LogP contribution in [0, 0.1) is 0 Å². The Balaban J connectivity index is 1.90. The number of ether oxygens (including phenoxy) is 2. The van der Waals surface area contributed by atoms with Crippen molar-refractivity contribution in [2.45, 2.75) is 59.0 Å². The number of aromatic nitrogens is 1. The first-order chi connectivity index (χ1) is 12.6. The van der Waals surface area contributed by atoms with Gasteiger partial charge in [-0.1, -0.05) is 24.3 Å². The molecule has 1 aliphatic rings. The zero-order valence-electron chi connectivity index (χ0n) is 17.2. The molecule has 0 radical (unpaired) electrons. The molecular formula is C22H32N2O3. The fourth-order valence-corrected chi connectivity index (χ4v) is 3.04. The van der Waals surface area contributed by atoms with Gasteiger partial charge >= 0.3 is 6.09 Å². The molecule has 5 nitrogen and oxygen atoms in total. The van der Waals surface area contributed by atoms with Crippen LogP contribution in [-0.2, 0) is 4.74 Å². The predicted octanol–water partition coefficient (Wildman–Crippen LogP) is 5.10. The van der Waals surface area contributed by atoms with Gasteiger partial charge < -0.3 is 14.4 Å². The van der Waals surface area contributed by atoms with Gasteiger partial charge in [-0.2, -0.15) is 0 Å². The minimum Gasteiger partial charge on any atom is -0.473 e. The number of hydrogen-bond donors (Lipinski definition) is 0. The van der Waals surface area contributed by atoms with Crippen molar-refractivity contribution in [3.8, 4) is 5.88 Å². The van der Waals surface area contributed by atoms with Gasteiger partial charge in [0.15, 0.2) is 0 Å². The molecule has 1 saturated heterocycles. The van der Waals surface area contributed by atoms with Crippen molar-refractivity contribution in [3.05, 3.63) is 47.7 Å². The van der Waals surface area contributed by atoms with Gasteiger partial charge in [0, 0.05) is 30.8 Å². The van der Waals surface area contributed by atoms with Crippen molar-refractivity contribution < 1.29 is 14.3 Å². The quantitative estimate of drug-likeness (QED) is 0.675. The lowest BCUT2D eigenvalue weighted by atomic mass is 9.93. The van der Waals surface area contributed by atoms with Crippen LogP contribution >= 0.6 is 0 Å². The Morgan fingerprint density at radius 2 is 1.96 bits per heavy atom. The molecule has 1 aromatic heterocycles. The molecule has 0 N–H and O–H groups in total. The average Bonchev–Trinajstić information content (AvgIpc) is 2.58. The molecule has 0 bridgehead atoms. The molecule has 1 fully saturated rings. The van der Waals surface area contributed by atoms with Crippen LogP contribution in [-0.4, -0.2) is 41.3 Å². The highest BCUT2D eigenvalue weighted by Crippen LogP contribution is 2.28. The lowest BCUT2D eigenvalue weighted by Gasteiger charge is -2.33. The maximum atomic E-state index is 12.2. The van der Waals surface area contributed by atoms with E-state index in [0.717, 1.165) is 24.1 Å². The van der Waals surface area contributed by atoms with Crippen LogP contribution in [0.4, 0.5) is 4.79 Å². The average molecular weight is 373 g/mol. The number of pyridine rings is 1. The van der Waals surface area contributed by atoms with Crippen LogP contribution in [0.3, 0.4) is 0 Å². The van der Waals surface area contributed by atoms with Crippen LogP contribution in [0.5, 0.6) is 5.88 Å². The lowest BCUT2D eigenvalue weighted by Crippen LogP contribution is -2.41. The summed E-state index contributed by atoms with van der Waals surface area (Å²) in [6, 6.07) is 5.88. The summed E-state index contributed by atoms with van der Waals surface area (Å²) in [5.74, 6) is 0.943. The van der Waals surface area contributed by atoms with Crippen LogP contribution < -0.4 is 4.74 Å². The van der Waals surface area contributed by atoms with Gasteiger partial charge in [-0.15, -0.1) is 0 Å². The topological polar surface area (TPSA) is 51.7 Å². The largest absolute Gasteiger partial charge is 0.473 e. The van der Waals surface area contributed by atoms with E-state index in [9.17, 15) is 4.79 Å². The Kier molecular flexibility index (Phi) is 7.05. The standard InChI is InChI=1S/C22H32N2O3/c1-16(2)14-17(3)15-26-20-9-7-8-19(23-20)18-10-12-24(13-11-18)21(25)27-22(4,5)6/h7-9,14,18H,3,10-13,15H2,1-2,4-6H3. The fourth-order valence-electron chi connectivity index (χ4n) is 3.04. The number of hydrogen-bond acceptors (Lipinski definition) is 4. The minimum absolute atomic E-state index is 0.233. The summed E-state index contributed by atoms with van der Waals surface area (Å²) in [4.78, 5) is 18.6. The first-order valence-electron chi connectivity index (χ1n) is 9.54. The highest BCUT2D eigenvalue weighted by Gasteiger charge is 2.28. The molecule has 0 spiro atoms. The number of allylic oxidation sites excluding steroid dienone is 1. The van der Waals surface area contributed by atoms with Gasteiger partial charge in [0.25, 0.3) is 0 Å². The molecule has 2 heterocycles. The van der Waals surface area contributed by atoms with Gasteiger partial charge in [-0.05, 0) is 59.1 Å². The van der Waals surface area contributed by atoms with Gasteiger partial charge in [-0.25, -0.2) is 9.78 Å². The number of carbonyl (C=O) groups excluding carboxylic acids is 1. The van der Waals surface area contributed by atoms with Crippen LogP contribution in [0.15, 0.2) is 42.0 Å². The smallest absolute Gasteiger partial charge is 0.410 e. The Hall–Kier alpha value is -2.30. The van der Waals surface area contributed by atoms with Crippen molar-refractivity contribution in [1.29, 1.82) is 0 Å². The first-order valence-corrected chi connectivity index (χ1v) is 9.54. The third kappa shape index (κ3) is 7.08. The molecule has 0 unspecified atom stereocenters. The van der Waals surface area contributed by atoms with Crippen molar-refractivity contribution >= 4 is 6.09 Å². The second-order valence-electron chi connectivity index (χ2n) is 8.31. The Morgan fingerprint density at radius 1 is 1.30 bits per heavy atom. The van der Waals surface area contributed by atoms with Crippen LogP contribution in [0.2, 0.25) is 0 Å². The summed E-state index contributed by atoms with van der Waals surface area (Å²) < 4.78 is 11.2. The normalized spacial score (nSPS) is 15.2. The van der Waals surface area contributed by atoms with Crippen molar-refractivity contribution in [3.63, 3.8) is 0 Å². The van der Waals surface area contributed by atoms with Crippen molar-refractivity contribution in [2.75, 3.05) is 19.7 Å². The van der Waals surface area contributed by atoms with E-state index in [2.05, 4.69) is 11.6 Å². The second-order valence-corrected chi connectivity index (χ2v) is 8.31. The lowest BCUT2D eigenvalue weighted by molar-refractivity contribution is 0.0204. The molecule has 0 aliphatic carbocycles. The monoisotopic (exact) mass is 372 g/mol. The molecule has 1 aliphatic heterocycles. The maximum Gasteiger partial charge on any atom is 0.410 e. The summed E-state index contributed by atoms with van der Waals surface area (Å²) in [5, 5.41) is 0. The van der Waals surface area contributed by atoms with E-state index in [-0.39, 0.29) is 6.09 Å². The minimum atomic E-state index is -0.462. The summed E-state index contributed by atoms with van der Waals surface area (Å²) >= 11 is 0. The number of rotatable bonds is 5. The summed E-state index contributed by atoms with van der Waals surface area (Å²) in [6.45, 7) is 15.5. The zero-order chi connectivity index (χ0) is 20.0. The molecule has 1 aromatic rings. The zero-order valence-corrected chi connectivity index (χ0v) is 17.2. The Labute approximate surface area is 163 Å². The van der Waals surface area contributed by atoms with E-state index in [0.29, 0.717) is 31.5 Å². The molecule has 0 atom stereocenters. The van der Waals surface area contributed by atoms with Gasteiger partial charge in [0.05, 0.1) is 0 Å². The molecule has 5 heteroatoms. The van der Waals surface area contributed by atoms with Crippen LogP contribution in [0.1, 0.15) is 59.1 Å². The second kappa shape index (κ2) is 9.07. The maximum absolute atomic E-state index is 12.2. The highest BCUT2D eigenvalue weighted by molar-refractivity contribution is 5.68. The van der Waals surface area contributed by atoms with Crippen molar-refractivity contribution in [1.82, 2.24) is 9.88 Å². The number of likely N-dealkylation sites (tertiary alicyclic amines) is 1. The van der Waals surface area contributed by atoms with E-state index in [1.807, 2.05) is 58.9 Å². The third-order valence-corrected chi connectivity index (χ3v) is 4.21. The Bertz CT molecular complexity index is 692. The molecular weight excluding hydrogens is 340 g/mol. The van der Waals surface area contributed by atoms with Gasteiger partial charge in [-0.3, -0.25) is 0 Å². The third-order valence-electron chi connectivity index (χ3n) is 4.21. The number of piperidine rings is 1. The molecule has 0 saturated carbocycles. The molecule has 0 aromatic carbocycles. The summed E-state index contributed by atoms with van der Waals surface area (Å²) in [6.07, 6.45) is 3.53. The predicted molar refractivity (Wildman–Crippen MR) is 108 cm³/mol. The van der Waals surface area contributed by atoms with E-state index in [1.165, 1.54) is 5.57 Å². The Morgan fingerprint density at radius 3 is 2.56 bits per heavy atom. The van der Waals surface area contributed by atoms with E-state index < -0.39 is 5.60 Å². The van der Waals surface area contributed by atoms with Gasteiger partial charge in [0.2, 0.25) is 5.88 Å². The van der Waals surface area contributed by atoms with E-state index in [1.54, 1.807) is 4.90 Å². The number of carbonyl (C=O) groups is 1. The van der Waals surface area contributed by atoms with Gasteiger partial charge in [0.1, 0.15) is 12.2 Å². The first kappa shape index (κ1) is 21.0. The summed E-state index contributed by atoms with van der Waals surface area (Å²) in [5.41, 5.74) is 2.68. The van der Waals surface area contributed by atoms with Crippen LogP contribution in [0.25, 0.3) is 0 Å². The van der Waals surface area contributed by atoms with Crippen molar-refractivity contribution in [2.24, 2.45) is 0 Å². The number of amides is 1. The fraction of sp³-hybridized carbons (Fsp3) is 0.545. The molecule has 1 amide bonds. The van der Waals surface area contributed by atoms with E-state index in [4.69, 9.17) is 9.47 Å². The molecule has 148 valence electrons. The highest BCUT2D eigenvalue weighted by atomic mass is 16.6. The molecule has 2 rings (SSSR count). The summed E-state index contributed by atoms with van der Waals surface area (Å²) in [7, 11) is 0. The molecule has 27 heavy (non-hydrogen) atoms. The number of nitrogens with zero attached hydrogens (tertiary/aromatic N) is 2. The van der Waals surface area contributed by atoms with E-state index >= 15 is 0 Å².